The molecule has 1 aromatic rings. The number of hydrogen-bond donors (Lipinski definition) is 1. The Kier molecular flexibility index (Phi) is 4.70. The number of nitrogens with zero attached hydrogens (tertiary/aromatic N) is 2. The van der Waals surface area contributed by atoms with Crippen LogP contribution in [0.4, 0.5) is 13.2 Å². The van der Waals surface area contributed by atoms with E-state index in [9.17, 15) is 18.0 Å². The molecule has 0 fully saturated rings. The van der Waals surface area contributed by atoms with Crippen LogP contribution in [0.15, 0.2) is 9.95 Å². The van der Waals surface area contributed by atoms with Crippen LogP contribution in [0.3, 0.4) is 0 Å². The molecule has 0 bridgehead atoms. The second kappa shape index (κ2) is 5.47. The summed E-state index contributed by atoms with van der Waals surface area (Å²) in [6, 6.07) is -0.150. The number of hydrogen-bond acceptors (Lipinski definition) is 3. The van der Waals surface area contributed by atoms with Crippen molar-refractivity contribution in [2.45, 2.75) is 36.0 Å². The molecule has 0 amide bonds. The maximum atomic E-state index is 12.3. The van der Waals surface area contributed by atoms with Crippen molar-refractivity contribution < 1.29 is 13.2 Å². The smallest absolute Gasteiger partial charge is 0.268 e. The molecule has 0 spiro atoms. The molecule has 17 heavy (non-hydrogen) atoms. The van der Waals surface area contributed by atoms with Gasteiger partial charge in [0.25, 0.3) is 0 Å². The van der Waals surface area contributed by atoms with E-state index < -0.39 is 16.7 Å². The highest BCUT2D eigenvalue weighted by Crippen LogP contribution is 2.31. The summed E-state index contributed by atoms with van der Waals surface area (Å²) in [6.07, 6.45) is -4.30. The molecule has 0 aliphatic rings. The van der Waals surface area contributed by atoms with Crippen LogP contribution in [0.1, 0.15) is 19.9 Å². The topological polar surface area (TPSA) is 50.7 Å². The summed E-state index contributed by atoms with van der Waals surface area (Å²) in [5.74, 6) is -0.236. The van der Waals surface area contributed by atoms with Gasteiger partial charge in [-0.2, -0.15) is 13.2 Å². The SMILES string of the molecule is CC(C)n1c(SCC(Br)C(F)(F)F)n[nH]c1=O. The number of nitrogens with one attached hydrogen (secondary N) is 1. The fraction of sp³-hybridized carbons (Fsp3) is 0.750. The Bertz CT molecular complexity index is 428. The predicted octanol–water partition coefficient (Wildman–Crippen LogP) is 2.57. The molecule has 1 rings (SSSR count). The Balaban J connectivity index is 2.74. The number of halogens is 4. The lowest BCUT2D eigenvalue weighted by atomic mass is 10.4. The summed E-state index contributed by atoms with van der Waals surface area (Å²) in [6.45, 7) is 3.52. The molecule has 98 valence electrons. The molecule has 1 N–H and O–H groups in total. The minimum absolute atomic E-state index is 0.150. The maximum absolute atomic E-state index is 12.3. The van der Waals surface area contributed by atoms with E-state index >= 15 is 0 Å². The van der Waals surface area contributed by atoms with E-state index in [-0.39, 0.29) is 17.0 Å². The summed E-state index contributed by atoms with van der Waals surface area (Å²) in [5, 5.41) is 6.17. The Hall–Kier alpha value is -0.440. The molecule has 0 saturated heterocycles. The summed E-state index contributed by atoms with van der Waals surface area (Å²) < 4.78 is 38.1. The first-order chi connectivity index (χ1) is 7.73. The molecule has 0 aliphatic carbocycles. The van der Waals surface area contributed by atoms with Crippen LogP contribution in [0.5, 0.6) is 0 Å². The Morgan fingerprint density at radius 3 is 2.59 bits per heavy atom. The van der Waals surface area contributed by atoms with Crippen molar-refractivity contribution in [1.82, 2.24) is 14.8 Å². The Labute approximate surface area is 108 Å². The van der Waals surface area contributed by atoms with Gasteiger partial charge in [0.05, 0.1) is 0 Å². The van der Waals surface area contributed by atoms with E-state index in [4.69, 9.17) is 0 Å². The zero-order valence-electron chi connectivity index (χ0n) is 9.08. The molecule has 1 aromatic heterocycles. The molecular formula is C8H11BrF3N3OS. The first-order valence-corrected chi connectivity index (χ1v) is 6.64. The summed E-state index contributed by atoms with van der Waals surface area (Å²) in [7, 11) is 0. The van der Waals surface area contributed by atoms with E-state index in [1.807, 2.05) is 0 Å². The van der Waals surface area contributed by atoms with Gasteiger partial charge in [0.1, 0.15) is 4.83 Å². The fourth-order valence-corrected chi connectivity index (χ4v) is 2.51. The first-order valence-electron chi connectivity index (χ1n) is 4.74. The van der Waals surface area contributed by atoms with E-state index in [2.05, 4.69) is 26.1 Å². The molecule has 1 heterocycles. The van der Waals surface area contributed by atoms with Crippen LogP contribution in [0.2, 0.25) is 0 Å². The molecule has 4 nitrogen and oxygen atoms in total. The lowest BCUT2D eigenvalue weighted by Crippen LogP contribution is -2.25. The third-order valence-corrected chi connectivity index (χ3v) is 4.22. The average molecular weight is 334 g/mol. The van der Waals surface area contributed by atoms with Gasteiger partial charge in [-0.15, -0.1) is 5.10 Å². The zero-order chi connectivity index (χ0) is 13.2. The van der Waals surface area contributed by atoms with Gasteiger partial charge in [0, 0.05) is 11.8 Å². The summed E-state index contributed by atoms with van der Waals surface area (Å²) in [5.41, 5.74) is -0.416. The van der Waals surface area contributed by atoms with Gasteiger partial charge in [-0.25, -0.2) is 9.89 Å². The van der Waals surface area contributed by atoms with Crippen molar-refractivity contribution in [3.8, 4) is 0 Å². The molecule has 9 heteroatoms. The van der Waals surface area contributed by atoms with Gasteiger partial charge < -0.3 is 0 Å². The average Bonchev–Trinajstić information content (AvgIpc) is 2.54. The maximum Gasteiger partial charge on any atom is 0.402 e. The van der Waals surface area contributed by atoms with Crippen LogP contribution in [-0.4, -0.2) is 31.5 Å². The Morgan fingerprint density at radius 1 is 1.53 bits per heavy atom. The van der Waals surface area contributed by atoms with Crippen LogP contribution >= 0.6 is 27.7 Å². The zero-order valence-corrected chi connectivity index (χ0v) is 11.5. The highest BCUT2D eigenvalue weighted by Gasteiger charge is 2.37. The minimum atomic E-state index is -4.30. The van der Waals surface area contributed by atoms with E-state index in [1.165, 1.54) is 4.57 Å². The quantitative estimate of drug-likeness (QED) is 0.680. The van der Waals surface area contributed by atoms with Crippen molar-refractivity contribution in [2.75, 3.05) is 5.75 Å². The second-order valence-electron chi connectivity index (χ2n) is 3.60. The molecule has 0 aliphatic heterocycles. The van der Waals surface area contributed by atoms with Crippen molar-refractivity contribution in [3.63, 3.8) is 0 Å². The number of aromatic amines is 1. The lowest BCUT2D eigenvalue weighted by Gasteiger charge is -2.13. The van der Waals surface area contributed by atoms with Gasteiger partial charge in [-0.3, -0.25) is 4.57 Å². The van der Waals surface area contributed by atoms with Gasteiger partial charge in [0.2, 0.25) is 0 Å². The number of alkyl halides is 4. The normalized spacial score (nSPS) is 14.3. The monoisotopic (exact) mass is 333 g/mol. The molecule has 0 aromatic carbocycles. The van der Waals surface area contributed by atoms with E-state index in [0.717, 1.165) is 11.8 Å². The van der Waals surface area contributed by atoms with Crippen molar-refractivity contribution >= 4 is 27.7 Å². The Morgan fingerprint density at radius 2 is 2.12 bits per heavy atom. The van der Waals surface area contributed by atoms with E-state index in [1.54, 1.807) is 13.8 Å². The highest BCUT2D eigenvalue weighted by molar-refractivity contribution is 9.09. The molecule has 0 saturated carbocycles. The number of thioether (sulfide) groups is 1. The van der Waals surface area contributed by atoms with Gasteiger partial charge in [-0.05, 0) is 13.8 Å². The predicted molar refractivity (Wildman–Crippen MR) is 62.7 cm³/mol. The van der Waals surface area contributed by atoms with Crippen molar-refractivity contribution in [3.05, 3.63) is 10.5 Å². The molecular weight excluding hydrogens is 323 g/mol. The fourth-order valence-electron chi connectivity index (χ4n) is 1.09. The van der Waals surface area contributed by atoms with E-state index in [0.29, 0.717) is 0 Å². The van der Waals surface area contributed by atoms with Crippen LogP contribution in [0, 0.1) is 0 Å². The third-order valence-electron chi connectivity index (χ3n) is 1.90. The highest BCUT2D eigenvalue weighted by atomic mass is 79.9. The number of aromatic nitrogens is 3. The largest absolute Gasteiger partial charge is 0.402 e. The molecule has 1 unspecified atom stereocenters. The van der Waals surface area contributed by atoms with Gasteiger partial charge in [0.15, 0.2) is 5.16 Å². The first kappa shape index (κ1) is 14.6. The van der Waals surface area contributed by atoms with Crippen molar-refractivity contribution in [2.24, 2.45) is 0 Å². The molecule has 0 radical (unpaired) electrons. The van der Waals surface area contributed by atoms with Crippen LogP contribution in [0.25, 0.3) is 0 Å². The standard InChI is InChI=1S/C8H11BrF3N3OS/c1-4(2)15-6(16)13-14-7(15)17-3-5(9)8(10,11)12/h4-5H,3H2,1-2H3,(H,13,16). The molecule has 1 atom stereocenters. The lowest BCUT2D eigenvalue weighted by molar-refractivity contribution is -0.122. The number of rotatable bonds is 4. The summed E-state index contributed by atoms with van der Waals surface area (Å²) in [4.78, 5) is 9.70. The minimum Gasteiger partial charge on any atom is -0.268 e. The van der Waals surface area contributed by atoms with Gasteiger partial charge >= 0.3 is 11.9 Å². The third kappa shape index (κ3) is 3.77. The van der Waals surface area contributed by atoms with Crippen LogP contribution < -0.4 is 5.69 Å². The second-order valence-corrected chi connectivity index (χ2v) is 5.69. The van der Waals surface area contributed by atoms with Gasteiger partial charge in [-0.1, -0.05) is 27.7 Å². The number of H-pyrrole nitrogens is 1. The summed E-state index contributed by atoms with van der Waals surface area (Å²) >= 11 is 3.44. The van der Waals surface area contributed by atoms with Crippen molar-refractivity contribution in [1.29, 1.82) is 0 Å². The van der Waals surface area contributed by atoms with Crippen LogP contribution in [-0.2, 0) is 0 Å².